The highest BCUT2D eigenvalue weighted by Crippen LogP contribution is 2.18. The number of benzene rings is 1. The van der Waals surface area contributed by atoms with Crippen molar-refractivity contribution in [2.75, 3.05) is 0 Å². The Balaban J connectivity index is 2.14. The molecule has 0 unspecified atom stereocenters. The molecule has 0 atom stereocenters. The van der Waals surface area contributed by atoms with Gasteiger partial charge >= 0.3 is 0 Å². The van der Waals surface area contributed by atoms with E-state index in [1.54, 1.807) is 11.3 Å². The molecule has 0 spiro atoms. The Morgan fingerprint density at radius 1 is 1.33 bits per heavy atom. The lowest BCUT2D eigenvalue weighted by molar-refractivity contribution is 0.112. The van der Waals surface area contributed by atoms with E-state index in [2.05, 4.69) is 27.6 Å². The molecule has 0 radical (unpaired) electrons. The highest BCUT2D eigenvalue weighted by Gasteiger charge is 2.01. The van der Waals surface area contributed by atoms with Crippen LogP contribution in [0.15, 0.2) is 30.5 Å². The summed E-state index contributed by atoms with van der Waals surface area (Å²) in [6, 6.07) is 7.61. The SMILES string of the molecule is O=Cc1ccc(Cc2ncc(I)s2)cc1. The summed E-state index contributed by atoms with van der Waals surface area (Å²) >= 11 is 3.96. The van der Waals surface area contributed by atoms with E-state index in [-0.39, 0.29) is 0 Å². The van der Waals surface area contributed by atoms with Crippen molar-refractivity contribution in [2.45, 2.75) is 6.42 Å². The molecule has 15 heavy (non-hydrogen) atoms. The zero-order valence-corrected chi connectivity index (χ0v) is 10.8. The van der Waals surface area contributed by atoms with Gasteiger partial charge in [-0.15, -0.1) is 11.3 Å². The standard InChI is InChI=1S/C11H8INOS/c12-10-6-13-11(15-10)5-8-1-3-9(7-14)4-2-8/h1-4,6-7H,5H2. The molecule has 0 saturated heterocycles. The highest BCUT2D eigenvalue weighted by atomic mass is 127. The molecule has 4 heteroatoms. The minimum Gasteiger partial charge on any atom is -0.298 e. The molecule has 76 valence electrons. The third-order valence-electron chi connectivity index (χ3n) is 2.00. The number of carbonyl (C=O) groups excluding carboxylic acids is 1. The fraction of sp³-hybridized carbons (Fsp3) is 0.0909. The van der Waals surface area contributed by atoms with Crippen LogP contribution >= 0.6 is 33.9 Å². The third kappa shape index (κ3) is 2.85. The second kappa shape index (κ2) is 4.85. The van der Waals surface area contributed by atoms with Crippen LogP contribution in [0.3, 0.4) is 0 Å². The molecule has 1 aromatic carbocycles. The van der Waals surface area contributed by atoms with Crippen LogP contribution in [-0.4, -0.2) is 11.3 Å². The topological polar surface area (TPSA) is 30.0 Å². The molecule has 0 saturated carbocycles. The number of rotatable bonds is 3. The number of aromatic nitrogens is 1. The van der Waals surface area contributed by atoms with Crippen LogP contribution in [0, 0.1) is 2.88 Å². The number of thiazole rings is 1. The second-order valence-electron chi connectivity index (χ2n) is 3.09. The van der Waals surface area contributed by atoms with Gasteiger partial charge in [0.25, 0.3) is 0 Å². The molecule has 2 rings (SSSR count). The van der Waals surface area contributed by atoms with E-state index < -0.39 is 0 Å². The van der Waals surface area contributed by atoms with E-state index in [0.717, 1.165) is 17.7 Å². The third-order valence-corrected chi connectivity index (χ3v) is 3.72. The molecule has 0 aliphatic rings. The number of hydrogen-bond donors (Lipinski definition) is 0. The van der Waals surface area contributed by atoms with E-state index in [1.165, 1.54) is 8.45 Å². The summed E-state index contributed by atoms with van der Waals surface area (Å²) in [6.07, 6.45) is 3.57. The van der Waals surface area contributed by atoms with Gasteiger partial charge in [-0.25, -0.2) is 4.98 Å². The number of aldehydes is 1. The Hall–Kier alpha value is -0.750. The number of halogens is 1. The van der Waals surface area contributed by atoms with Crippen molar-refractivity contribution in [1.29, 1.82) is 0 Å². The van der Waals surface area contributed by atoms with E-state index in [1.807, 2.05) is 30.5 Å². The fourth-order valence-corrected chi connectivity index (χ4v) is 2.83. The largest absolute Gasteiger partial charge is 0.298 e. The molecular weight excluding hydrogens is 321 g/mol. The van der Waals surface area contributed by atoms with Crippen LogP contribution in [0.25, 0.3) is 0 Å². The zero-order valence-electron chi connectivity index (χ0n) is 7.81. The lowest BCUT2D eigenvalue weighted by atomic mass is 10.1. The summed E-state index contributed by atoms with van der Waals surface area (Å²) in [5, 5.41) is 1.11. The van der Waals surface area contributed by atoms with Crippen molar-refractivity contribution in [2.24, 2.45) is 0 Å². The van der Waals surface area contributed by atoms with Crippen molar-refractivity contribution in [3.63, 3.8) is 0 Å². The summed E-state index contributed by atoms with van der Waals surface area (Å²) < 4.78 is 1.20. The second-order valence-corrected chi connectivity index (χ2v) is 6.10. The monoisotopic (exact) mass is 329 g/mol. The van der Waals surface area contributed by atoms with E-state index >= 15 is 0 Å². The maximum absolute atomic E-state index is 10.5. The van der Waals surface area contributed by atoms with Gasteiger partial charge in [0.2, 0.25) is 0 Å². The highest BCUT2D eigenvalue weighted by molar-refractivity contribution is 14.1. The molecule has 2 nitrogen and oxygen atoms in total. The average Bonchev–Trinajstić information content (AvgIpc) is 2.65. The lowest BCUT2D eigenvalue weighted by Crippen LogP contribution is -1.87. The van der Waals surface area contributed by atoms with Crippen molar-refractivity contribution in [3.8, 4) is 0 Å². The van der Waals surface area contributed by atoms with Gasteiger partial charge < -0.3 is 0 Å². The van der Waals surface area contributed by atoms with Gasteiger partial charge in [-0.2, -0.15) is 0 Å². The Labute approximate surface area is 106 Å². The van der Waals surface area contributed by atoms with Gasteiger partial charge in [-0.05, 0) is 28.2 Å². The summed E-state index contributed by atoms with van der Waals surface area (Å²) in [4.78, 5) is 14.8. The van der Waals surface area contributed by atoms with Crippen LogP contribution in [-0.2, 0) is 6.42 Å². The Morgan fingerprint density at radius 2 is 2.07 bits per heavy atom. The Bertz CT molecular complexity index is 464. The van der Waals surface area contributed by atoms with Crippen molar-refractivity contribution < 1.29 is 4.79 Å². The van der Waals surface area contributed by atoms with Gasteiger partial charge in [-0.3, -0.25) is 4.79 Å². The molecule has 0 amide bonds. The molecular formula is C11H8INOS. The van der Waals surface area contributed by atoms with Crippen molar-refractivity contribution in [3.05, 3.63) is 49.5 Å². The van der Waals surface area contributed by atoms with Crippen LogP contribution in [0.4, 0.5) is 0 Å². The maximum Gasteiger partial charge on any atom is 0.150 e. The first-order chi connectivity index (χ1) is 7.28. The van der Waals surface area contributed by atoms with E-state index in [9.17, 15) is 4.79 Å². The smallest absolute Gasteiger partial charge is 0.150 e. The first-order valence-electron chi connectivity index (χ1n) is 4.42. The van der Waals surface area contributed by atoms with Gasteiger partial charge in [0.05, 0.1) is 14.1 Å². The molecule has 1 aromatic heterocycles. The minimum atomic E-state index is 0.715. The fourth-order valence-electron chi connectivity index (χ4n) is 1.26. The number of carbonyl (C=O) groups is 1. The number of hydrogen-bond acceptors (Lipinski definition) is 3. The predicted octanol–water partition coefficient (Wildman–Crippen LogP) is 3.15. The zero-order chi connectivity index (χ0) is 10.7. The lowest BCUT2D eigenvalue weighted by Gasteiger charge is -1.97. The molecule has 0 N–H and O–H groups in total. The first kappa shape index (κ1) is 10.8. The molecule has 0 aliphatic carbocycles. The van der Waals surface area contributed by atoms with Gasteiger partial charge in [-0.1, -0.05) is 24.3 Å². The van der Waals surface area contributed by atoms with E-state index in [4.69, 9.17) is 0 Å². The molecule has 1 heterocycles. The summed E-state index contributed by atoms with van der Waals surface area (Å²) in [7, 11) is 0. The molecule has 0 fully saturated rings. The van der Waals surface area contributed by atoms with Gasteiger partial charge in [0.1, 0.15) is 6.29 Å². The first-order valence-corrected chi connectivity index (χ1v) is 6.32. The van der Waals surface area contributed by atoms with Crippen molar-refractivity contribution in [1.82, 2.24) is 4.98 Å². The van der Waals surface area contributed by atoms with Gasteiger partial charge in [0.15, 0.2) is 0 Å². The molecule has 2 aromatic rings. The van der Waals surface area contributed by atoms with Crippen molar-refractivity contribution >= 4 is 40.2 Å². The summed E-state index contributed by atoms with van der Waals surface area (Å²) in [5.41, 5.74) is 1.90. The number of nitrogens with zero attached hydrogens (tertiary/aromatic N) is 1. The molecule has 0 bridgehead atoms. The van der Waals surface area contributed by atoms with Crippen LogP contribution in [0.1, 0.15) is 20.9 Å². The average molecular weight is 329 g/mol. The minimum absolute atomic E-state index is 0.715. The van der Waals surface area contributed by atoms with Crippen LogP contribution < -0.4 is 0 Å². The van der Waals surface area contributed by atoms with Gasteiger partial charge in [0, 0.05) is 12.0 Å². The summed E-state index contributed by atoms with van der Waals surface area (Å²) in [6.45, 7) is 0. The Morgan fingerprint density at radius 3 is 2.60 bits per heavy atom. The maximum atomic E-state index is 10.5. The van der Waals surface area contributed by atoms with E-state index in [0.29, 0.717) is 5.56 Å². The van der Waals surface area contributed by atoms with Crippen LogP contribution in [0.5, 0.6) is 0 Å². The summed E-state index contributed by atoms with van der Waals surface area (Å²) in [5.74, 6) is 0. The van der Waals surface area contributed by atoms with Crippen LogP contribution in [0.2, 0.25) is 0 Å². The predicted molar refractivity (Wildman–Crippen MR) is 69.5 cm³/mol. The Kier molecular flexibility index (Phi) is 3.48. The molecule has 0 aliphatic heterocycles. The quantitative estimate of drug-likeness (QED) is 0.640. The normalized spacial score (nSPS) is 10.2.